The zero-order valence-electron chi connectivity index (χ0n) is 19.2. The minimum atomic E-state index is 0.684. The molecule has 0 saturated carbocycles. The van der Waals surface area contributed by atoms with E-state index in [0.717, 1.165) is 50.2 Å². The van der Waals surface area contributed by atoms with E-state index in [9.17, 15) is 0 Å². The van der Waals surface area contributed by atoms with Crippen molar-refractivity contribution in [1.82, 2.24) is 15.1 Å². The van der Waals surface area contributed by atoms with E-state index in [1.54, 1.807) is 7.11 Å². The first-order valence-corrected chi connectivity index (χ1v) is 10.8. The zero-order valence-corrected chi connectivity index (χ0v) is 19.2. The maximum atomic E-state index is 5.85. The summed E-state index contributed by atoms with van der Waals surface area (Å²) < 4.78 is 11.2. The number of likely N-dealkylation sites (N-methyl/N-ethyl adjacent to an activating group) is 1. The topological polar surface area (TPSA) is 52.6 Å². The maximum absolute atomic E-state index is 5.85. The van der Waals surface area contributed by atoms with Gasteiger partial charge in [0.1, 0.15) is 18.1 Å². The summed E-state index contributed by atoms with van der Waals surface area (Å²) in [6, 6.07) is 16.5. The number of ether oxygens (including phenoxy) is 2. The molecular weight excluding hydrogens is 390 g/mol. The van der Waals surface area contributed by atoms with Gasteiger partial charge in [-0.15, -0.1) is 0 Å². The van der Waals surface area contributed by atoms with Crippen molar-refractivity contribution in [3.05, 3.63) is 54.1 Å². The van der Waals surface area contributed by atoms with Crippen molar-refractivity contribution in [1.29, 1.82) is 0 Å². The third-order valence-electron chi connectivity index (χ3n) is 5.37. The molecule has 0 amide bonds. The second kappa shape index (κ2) is 11.5. The Morgan fingerprint density at radius 3 is 2.48 bits per heavy atom. The highest BCUT2D eigenvalue weighted by molar-refractivity contribution is 5.80. The summed E-state index contributed by atoms with van der Waals surface area (Å²) in [7, 11) is 7.65. The molecule has 3 rings (SSSR count). The van der Waals surface area contributed by atoms with Crippen LogP contribution < -0.4 is 19.7 Å². The number of rotatable bonds is 8. The molecule has 0 atom stereocenters. The standard InChI is InChI=1S/C24H35N5O2/c1-25-24(26-19-20-7-5-10-23(17-20)31-16-15-27(2)3)29-13-11-28(12-14-29)21-8-6-9-22(18-21)30-4/h5-10,17-18H,11-16,19H2,1-4H3,(H,25,26). The van der Waals surface area contributed by atoms with Crippen LogP contribution >= 0.6 is 0 Å². The minimum absolute atomic E-state index is 0.684. The van der Waals surface area contributed by atoms with Crippen LogP contribution in [-0.2, 0) is 6.54 Å². The molecule has 31 heavy (non-hydrogen) atoms. The number of nitrogens with zero attached hydrogens (tertiary/aromatic N) is 4. The quantitative estimate of drug-likeness (QED) is 0.518. The van der Waals surface area contributed by atoms with Crippen molar-refractivity contribution in [3.63, 3.8) is 0 Å². The fraction of sp³-hybridized carbons (Fsp3) is 0.458. The Balaban J connectivity index is 1.50. The molecule has 2 aromatic rings. The zero-order chi connectivity index (χ0) is 22.1. The van der Waals surface area contributed by atoms with Crippen LogP contribution in [0.25, 0.3) is 0 Å². The molecule has 1 N–H and O–H groups in total. The Morgan fingerprint density at radius 2 is 1.77 bits per heavy atom. The van der Waals surface area contributed by atoms with Gasteiger partial charge in [-0.05, 0) is 43.9 Å². The highest BCUT2D eigenvalue weighted by Gasteiger charge is 2.20. The lowest BCUT2D eigenvalue weighted by Crippen LogP contribution is -2.52. The number of hydrogen-bond acceptors (Lipinski definition) is 5. The van der Waals surface area contributed by atoms with Crippen molar-refractivity contribution < 1.29 is 9.47 Å². The van der Waals surface area contributed by atoms with E-state index < -0.39 is 0 Å². The molecule has 1 aliphatic rings. The molecule has 0 radical (unpaired) electrons. The number of aliphatic imine (C=N–C) groups is 1. The second-order valence-corrected chi connectivity index (χ2v) is 7.88. The Morgan fingerprint density at radius 1 is 1.03 bits per heavy atom. The third-order valence-corrected chi connectivity index (χ3v) is 5.37. The van der Waals surface area contributed by atoms with Crippen molar-refractivity contribution in [2.45, 2.75) is 6.54 Å². The van der Waals surface area contributed by atoms with Crippen molar-refractivity contribution in [2.24, 2.45) is 4.99 Å². The molecule has 0 unspecified atom stereocenters. The van der Waals surface area contributed by atoms with Gasteiger partial charge in [0.2, 0.25) is 0 Å². The van der Waals surface area contributed by atoms with E-state index in [0.29, 0.717) is 13.2 Å². The van der Waals surface area contributed by atoms with Gasteiger partial charge in [0.25, 0.3) is 0 Å². The molecule has 2 aromatic carbocycles. The molecule has 0 bridgehead atoms. The molecule has 1 heterocycles. The van der Waals surface area contributed by atoms with Gasteiger partial charge in [0, 0.05) is 58.1 Å². The van der Waals surface area contributed by atoms with E-state index in [2.05, 4.69) is 49.3 Å². The first-order chi connectivity index (χ1) is 15.1. The van der Waals surface area contributed by atoms with Gasteiger partial charge in [-0.3, -0.25) is 4.99 Å². The SMILES string of the molecule is CN=C(NCc1cccc(OCCN(C)C)c1)N1CCN(c2cccc(OC)c2)CC1. The summed E-state index contributed by atoms with van der Waals surface area (Å²) >= 11 is 0. The lowest BCUT2D eigenvalue weighted by molar-refractivity contribution is 0.261. The average Bonchev–Trinajstić information content (AvgIpc) is 2.80. The summed E-state index contributed by atoms with van der Waals surface area (Å²) in [5.74, 6) is 2.73. The molecule has 7 heteroatoms. The number of guanidine groups is 1. The van der Waals surface area contributed by atoms with Crippen LogP contribution in [0.3, 0.4) is 0 Å². The normalized spacial score (nSPS) is 14.7. The third kappa shape index (κ3) is 6.79. The first-order valence-electron chi connectivity index (χ1n) is 10.8. The molecule has 1 saturated heterocycles. The van der Waals surface area contributed by atoms with E-state index in [1.165, 1.54) is 11.3 Å². The van der Waals surface area contributed by atoms with E-state index in [1.807, 2.05) is 45.4 Å². The lowest BCUT2D eigenvalue weighted by Gasteiger charge is -2.37. The van der Waals surface area contributed by atoms with Crippen LogP contribution in [-0.4, -0.2) is 83.3 Å². The monoisotopic (exact) mass is 425 g/mol. The molecule has 1 aliphatic heterocycles. The fourth-order valence-corrected chi connectivity index (χ4v) is 3.59. The van der Waals surface area contributed by atoms with Crippen molar-refractivity contribution in [3.8, 4) is 11.5 Å². The van der Waals surface area contributed by atoms with Crippen LogP contribution in [0.2, 0.25) is 0 Å². The molecular formula is C24H35N5O2. The van der Waals surface area contributed by atoms with Gasteiger partial charge >= 0.3 is 0 Å². The van der Waals surface area contributed by atoms with Crippen LogP contribution in [0, 0.1) is 0 Å². The molecule has 0 aromatic heterocycles. The van der Waals surface area contributed by atoms with Crippen molar-refractivity contribution >= 4 is 11.6 Å². The first kappa shape index (κ1) is 22.7. The predicted octanol–water partition coefficient (Wildman–Crippen LogP) is 2.53. The van der Waals surface area contributed by atoms with Crippen LogP contribution in [0.15, 0.2) is 53.5 Å². The second-order valence-electron chi connectivity index (χ2n) is 7.88. The summed E-state index contributed by atoms with van der Waals surface area (Å²) in [4.78, 5) is 11.3. The van der Waals surface area contributed by atoms with Crippen molar-refractivity contribution in [2.75, 3.05) is 72.5 Å². The number of hydrogen-bond donors (Lipinski definition) is 1. The van der Waals surface area contributed by atoms with E-state index in [-0.39, 0.29) is 0 Å². The van der Waals surface area contributed by atoms with Gasteiger partial charge < -0.3 is 29.5 Å². The maximum Gasteiger partial charge on any atom is 0.194 e. The van der Waals surface area contributed by atoms with E-state index in [4.69, 9.17) is 9.47 Å². The predicted molar refractivity (Wildman–Crippen MR) is 127 cm³/mol. The molecule has 168 valence electrons. The Labute approximate surface area is 186 Å². The average molecular weight is 426 g/mol. The van der Waals surface area contributed by atoms with Crippen LogP contribution in [0.1, 0.15) is 5.56 Å². The number of nitrogens with one attached hydrogen (secondary N) is 1. The summed E-state index contributed by atoms with van der Waals surface area (Å²) in [6.07, 6.45) is 0. The minimum Gasteiger partial charge on any atom is -0.497 e. The number of methoxy groups -OCH3 is 1. The summed E-state index contributed by atoms with van der Waals surface area (Å²) in [5, 5.41) is 3.50. The smallest absolute Gasteiger partial charge is 0.194 e. The molecule has 1 fully saturated rings. The Kier molecular flexibility index (Phi) is 8.41. The van der Waals surface area contributed by atoms with E-state index >= 15 is 0 Å². The summed E-state index contributed by atoms with van der Waals surface area (Å²) in [5.41, 5.74) is 2.38. The highest BCUT2D eigenvalue weighted by Crippen LogP contribution is 2.22. The molecule has 0 aliphatic carbocycles. The number of piperazine rings is 1. The number of anilines is 1. The van der Waals surface area contributed by atoms with Gasteiger partial charge in [-0.1, -0.05) is 18.2 Å². The van der Waals surface area contributed by atoms with Gasteiger partial charge in [0.15, 0.2) is 5.96 Å². The van der Waals surface area contributed by atoms with Gasteiger partial charge in [0.05, 0.1) is 7.11 Å². The fourth-order valence-electron chi connectivity index (χ4n) is 3.59. The Hall–Kier alpha value is -2.93. The Bertz CT molecular complexity index is 847. The lowest BCUT2D eigenvalue weighted by atomic mass is 10.2. The largest absolute Gasteiger partial charge is 0.497 e. The summed E-state index contributed by atoms with van der Waals surface area (Å²) in [6.45, 7) is 6.04. The van der Waals surface area contributed by atoms with Crippen LogP contribution in [0.5, 0.6) is 11.5 Å². The van der Waals surface area contributed by atoms with Gasteiger partial charge in [-0.2, -0.15) is 0 Å². The number of benzene rings is 2. The highest BCUT2D eigenvalue weighted by atomic mass is 16.5. The molecule has 0 spiro atoms. The van der Waals surface area contributed by atoms with Crippen LogP contribution in [0.4, 0.5) is 5.69 Å². The van der Waals surface area contributed by atoms with Gasteiger partial charge in [-0.25, -0.2) is 0 Å². The molecule has 7 nitrogen and oxygen atoms in total.